The van der Waals surface area contributed by atoms with Gasteiger partial charge in [-0.3, -0.25) is 9.48 Å². The molecule has 1 aliphatic rings. The number of benzene rings is 2. The van der Waals surface area contributed by atoms with Gasteiger partial charge in [-0.1, -0.05) is 18.2 Å². The normalized spacial score (nSPS) is 13.6. The van der Waals surface area contributed by atoms with Crippen LogP contribution in [0, 0.1) is 0 Å². The van der Waals surface area contributed by atoms with Gasteiger partial charge >= 0.3 is 0 Å². The van der Waals surface area contributed by atoms with Crippen molar-refractivity contribution in [1.82, 2.24) is 9.78 Å². The predicted molar refractivity (Wildman–Crippen MR) is 100 cm³/mol. The first-order valence-corrected chi connectivity index (χ1v) is 8.62. The second-order valence-electron chi connectivity index (χ2n) is 6.38. The molecule has 2 heterocycles. The average Bonchev–Trinajstić information content (AvgIpc) is 3.03. The summed E-state index contributed by atoms with van der Waals surface area (Å²) in [6.45, 7) is 0.646. The summed E-state index contributed by atoms with van der Waals surface area (Å²) < 4.78 is 12.7. The number of aryl methyl sites for hydroxylation is 1. The van der Waals surface area contributed by atoms with Crippen LogP contribution in [0.4, 0.5) is 5.69 Å². The van der Waals surface area contributed by atoms with E-state index in [1.54, 1.807) is 23.8 Å². The highest BCUT2D eigenvalue weighted by molar-refractivity contribution is 6.13. The minimum Gasteiger partial charge on any atom is -0.497 e. The molecule has 0 radical (unpaired) electrons. The minimum absolute atomic E-state index is 0.0990. The second kappa shape index (κ2) is 6.37. The third kappa shape index (κ3) is 2.49. The molecule has 0 fully saturated rings. The van der Waals surface area contributed by atoms with Gasteiger partial charge in [-0.15, -0.1) is 0 Å². The summed E-state index contributed by atoms with van der Waals surface area (Å²) >= 11 is 0. The summed E-state index contributed by atoms with van der Waals surface area (Å²) in [5, 5.41) is 5.35. The Hall–Kier alpha value is -3.02. The lowest BCUT2D eigenvalue weighted by Crippen LogP contribution is -2.36. The summed E-state index contributed by atoms with van der Waals surface area (Å²) in [4.78, 5) is 15.1. The van der Waals surface area contributed by atoms with Crippen LogP contribution in [0.1, 0.15) is 22.5 Å². The summed E-state index contributed by atoms with van der Waals surface area (Å²) in [7, 11) is 5.11. The van der Waals surface area contributed by atoms with Crippen molar-refractivity contribution in [3.8, 4) is 11.5 Å². The van der Waals surface area contributed by atoms with Gasteiger partial charge in [0.15, 0.2) is 5.69 Å². The molecule has 3 aromatic rings. The van der Waals surface area contributed by atoms with E-state index in [1.165, 1.54) is 0 Å². The van der Waals surface area contributed by atoms with Gasteiger partial charge in [-0.2, -0.15) is 5.10 Å². The van der Waals surface area contributed by atoms with E-state index in [4.69, 9.17) is 9.47 Å². The fourth-order valence-electron chi connectivity index (χ4n) is 3.64. The highest BCUT2D eigenvalue weighted by Crippen LogP contribution is 2.39. The van der Waals surface area contributed by atoms with E-state index in [0.717, 1.165) is 40.7 Å². The van der Waals surface area contributed by atoms with Crippen LogP contribution in [0.25, 0.3) is 10.9 Å². The Balaban J connectivity index is 1.83. The number of anilines is 1. The van der Waals surface area contributed by atoms with Crippen LogP contribution >= 0.6 is 0 Å². The summed E-state index contributed by atoms with van der Waals surface area (Å²) in [5.74, 6) is 1.33. The first kappa shape index (κ1) is 16.4. The molecule has 0 N–H and O–H groups in total. The van der Waals surface area contributed by atoms with Gasteiger partial charge in [0.05, 0.1) is 25.4 Å². The van der Waals surface area contributed by atoms with E-state index < -0.39 is 0 Å². The minimum atomic E-state index is -0.0990. The Morgan fingerprint density at radius 1 is 1.15 bits per heavy atom. The number of aromatic nitrogens is 2. The zero-order valence-corrected chi connectivity index (χ0v) is 15.2. The number of carbonyl (C=O) groups excluding carboxylic acids is 1. The van der Waals surface area contributed by atoms with E-state index in [0.29, 0.717) is 18.0 Å². The monoisotopic (exact) mass is 351 g/mol. The lowest BCUT2D eigenvalue weighted by molar-refractivity contribution is 0.0981. The number of para-hydroxylation sites is 1. The van der Waals surface area contributed by atoms with Crippen LogP contribution in [0.2, 0.25) is 0 Å². The molecule has 1 aromatic heterocycles. The maximum Gasteiger partial charge on any atom is 0.279 e. The van der Waals surface area contributed by atoms with Crippen LogP contribution in [0.5, 0.6) is 11.5 Å². The van der Waals surface area contributed by atoms with Crippen LogP contribution in [-0.2, 0) is 13.5 Å². The molecule has 0 saturated carbocycles. The fraction of sp³-hybridized carbons (Fsp3) is 0.300. The zero-order valence-electron chi connectivity index (χ0n) is 15.2. The van der Waals surface area contributed by atoms with E-state index in [1.807, 2.05) is 43.4 Å². The number of amides is 1. The molecule has 0 atom stereocenters. The molecule has 134 valence electrons. The Morgan fingerprint density at radius 3 is 2.73 bits per heavy atom. The van der Waals surface area contributed by atoms with Crippen LogP contribution in [0.3, 0.4) is 0 Å². The van der Waals surface area contributed by atoms with E-state index >= 15 is 0 Å². The number of fused-ring (bicyclic) bond motifs is 2. The lowest BCUT2D eigenvalue weighted by atomic mass is 9.99. The van der Waals surface area contributed by atoms with Crippen molar-refractivity contribution in [2.24, 2.45) is 7.05 Å². The first-order valence-electron chi connectivity index (χ1n) is 8.62. The summed E-state index contributed by atoms with van der Waals surface area (Å²) in [6, 6.07) is 11.5. The highest BCUT2D eigenvalue weighted by atomic mass is 16.5. The Kier molecular flexibility index (Phi) is 4.03. The average molecular weight is 351 g/mol. The van der Waals surface area contributed by atoms with Gasteiger partial charge < -0.3 is 14.4 Å². The first-order chi connectivity index (χ1) is 12.6. The number of hydrogen-bond acceptors (Lipinski definition) is 4. The highest BCUT2D eigenvalue weighted by Gasteiger charge is 2.29. The van der Waals surface area contributed by atoms with E-state index in [2.05, 4.69) is 5.10 Å². The van der Waals surface area contributed by atoms with Gasteiger partial charge in [0.1, 0.15) is 11.5 Å². The van der Waals surface area contributed by atoms with Gasteiger partial charge in [0, 0.05) is 36.7 Å². The number of methoxy groups -OCH3 is 2. The number of ether oxygens (including phenoxy) is 2. The van der Waals surface area contributed by atoms with Crippen molar-refractivity contribution in [2.45, 2.75) is 12.8 Å². The molecule has 6 nitrogen and oxygen atoms in total. The molecular formula is C20H21N3O3. The molecule has 1 aliphatic heterocycles. The van der Waals surface area contributed by atoms with Crippen molar-refractivity contribution in [1.29, 1.82) is 0 Å². The molecule has 6 heteroatoms. The SMILES string of the molecule is COc1cc(OC)c2c(c1)N(C(=O)c1nn(C)c3ccccc13)CCC2. The molecule has 1 amide bonds. The van der Waals surface area contributed by atoms with Crippen LogP contribution in [0.15, 0.2) is 36.4 Å². The van der Waals surface area contributed by atoms with Crippen molar-refractivity contribution < 1.29 is 14.3 Å². The number of nitrogens with zero attached hydrogens (tertiary/aromatic N) is 3. The fourth-order valence-corrected chi connectivity index (χ4v) is 3.64. The van der Waals surface area contributed by atoms with E-state index in [-0.39, 0.29) is 5.91 Å². The Bertz CT molecular complexity index is 993. The van der Waals surface area contributed by atoms with Crippen molar-refractivity contribution >= 4 is 22.5 Å². The molecule has 0 spiro atoms. The number of hydrogen-bond donors (Lipinski definition) is 0. The smallest absolute Gasteiger partial charge is 0.279 e. The molecule has 0 unspecified atom stereocenters. The standard InChI is InChI=1S/C20H21N3O3/c1-22-16-9-5-4-7-15(16)19(21-22)20(24)23-10-6-8-14-17(23)11-13(25-2)12-18(14)26-3/h4-5,7,9,11-12H,6,8,10H2,1-3H3. The van der Waals surface area contributed by atoms with Gasteiger partial charge in [0.2, 0.25) is 0 Å². The van der Waals surface area contributed by atoms with Crippen LogP contribution < -0.4 is 14.4 Å². The molecule has 2 aromatic carbocycles. The zero-order chi connectivity index (χ0) is 18.3. The second-order valence-corrected chi connectivity index (χ2v) is 6.38. The summed E-state index contributed by atoms with van der Waals surface area (Å²) in [5.41, 5.74) is 3.29. The third-order valence-corrected chi connectivity index (χ3v) is 4.92. The third-order valence-electron chi connectivity index (χ3n) is 4.92. The largest absolute Gasteiger partial charge is 0.497 e. The van der Waals surface area contributed by atoms with Crippen molar-refractivity contribution in [3.05, 3.63) is 47.7 Å². The predicted octanol–water partition coefficient (Wildman–Crippen LogP) is 3.18. The van der Waals surface area contributed by atoms with Gasteiger partial charge in [-0.25, -0.2) is 0 Å². The Morgan fingerprint density at radius 2 is 1.96 bits per heavy atom. The lowest BCUT2D eigenvalue weighted by Gasteiger charge is -2.30. The quantitative estimate of drug-likeness (QED) is 0.727. The van der Waals surface area contributed by atoms with Crippen LogP contribution in [-0.4, -0.2) is 36.5 Å². The Labute approximate surface area is 151 Å². The van der Waals surface area contributed by atoms with E-state index in [9.17, 15) is 4.79 Å². The molecule has 26 heavy (non-hydrogen) atoms. The maximum atomic E-state index is 13.4. The number of carbonyl (C=O) groups is 1. The molecule has 0 saturated heterocycles. The topological polar surface area (TPSA) is 56.6 Å². The van der Waals surface area contributed by atoms with Gasteiger partial charge in [0.25, 0.3) is 5.91 Å². The molecule has 0 aliphatic carbocycles. The molecule has 4 rings (SSSR count). The summed E-state index contributed by atoms with van der Waals surface area (Å²) in [6.07, 6.45) is 1.75. The van der Waals surface area contributed by atoms with Crippen molar-refractivity contribution in [3.63, 3.8) is 0 Å². The molecule has 0 bridgehead atoms. The van der Waals surface area contributed by atoms with Crippen molar-refractivity contribution in [2.75, 3.05) is 25.7 Å². The number of rotatable bonds is 3. The van der Waals surface area contributed by atoms with Gasteiger partial charge in [-0.05, 0) is 18.9 Å². The molecular weight excluding hydrogens is 330 g/mol. The maximum absolute atomic E-state index is 13.4.